The van der Waals surface area contributed by atoms with Crippen LogP contribution in [-0.2, 0) is 13.3 Å². The molecule has 0 amide bonds. The number of aromatic nitrogens is 2. The molecule has 4 nitrogen and oxygen atoms in total. The molecule has 0 aromatic carbocycles. The standard InChI is InChI=1S/C8H15N2O2/c11-6-2-1-3-9-4-5-10(7-9)8-12/h4-5,7,11-12H,1-3,6,8H2/q+1. The highest BCUT2D eigenvalue weighted by atomic mass is 16.3. The van der Waals surface area contributed by atoms with Gasteiger partial charge in [0.2, 0.25) is 6.33 Å². The first-order chi connectivity index (χ1) is 5.86. The van der Waals surface area contributed by atoms with Gasteiger partial charge in [0.15, 0.2) is 6.73 Å². The van der Waals surface area contributed by atoms with E-state index in [4.69, 9.17) is 10.2 Å². The summed E-state index contributed by atoms with van der Waals surface area (Å²) in [5.74, 6) is 0. The fraction of sp³-hybridized carbons (Fsp3) is 0.625. The van der Waals surface area contributed by atoms with Gasteiger partial charge in [-0.3, -0.25) is 0 Å². The number of aliphatic hydroxyl groups is 2. The highest BCUT2D eigenvalue weighted by Gasteiger charge is 2.00. The third-order valence-electron chi connectivity index (χ3n) is 1.73. The first-order valence-electron chi connectivity index (χ1n) is 4.13. The Labute approximate surface area is 71.7 Å². The highest BCUT2D eigenvalue weighted by molar-refractivity contribution is 4.65. The van der Waals surface area contributed by atoms with E-state index in [-0.39, 0.29) is 13.3 Å². The van der Waals surface area contributed by atoms with Crippen LogP contribution in [0.15, 0.2) is 18.7 Å². The van der Waals surface area contributed by atoms with Gasteiger partial charge in [-0.15, -0.1) is 0 Å². The molecule has 0 aliphatic rings. The van der Waals surface area contributed by atoms with Crippen LogP contribution >= 0.6 is 0 Å². The molecular weight excluding hydrogens is 156 g/mol. The summed E-state index contributed by atoms with van der Waals surface area (Å²) in [7, 11) is 0. The van der Waals surface area contributed by atoms with Crippen LogP contribution < -0.4 is 4.57 Å². The van der Waals surface area contributed by atoms with Gasteiger partial charge in [0.05, 0.1) is 6.54 Å². The Hall–Kier alpha value is -0.870. The molecule has 0 aliphatic carbocycles. The maximum atomic E-state index is 8.73. The van der Waals surface area contributed by atoms with Crippen LogP contribution in [0.3, 0.4) is 0 Å². The van der Waals surface area contributed by atoms with Gasteiger partial charge in [-0.1, -0.05) is 0 Å². The van der Waals surface area contributed by atoms with Gasteiger partial charge < -0.3 is 10.2 Å². The van der Waals surface area contributed by atoms with Gasteiger partial charge >= 0.3 is 0 Å². The first kappa shape index (κ1) is 9.22. The smallest absolute Gasteiger partial charge is 0.245 e. The van der Waals surface area contributed by atoms with Crippen LogP contribution in [0.5, 0.6) is 0 Å². The molecule has 0 bridgehead atoms. The quantitative estimate of drug-likeness (QED) is 0.463. The fourth-order valence-electron chi connectivity index (χ4n) is 1.06. The number of hydrogen-bond acceptors (Lipinski definition) is 2. The maximum absolute atomic E-state index is 8.73. The van der Waals surface area contributed by atoms with Crippen LogP contribution in [0.4, 0.5) is 0 Å². The van der Waals surface area contributed by atoms with Crippen LogP contribution in [-0.4, -0.2) is 21.4 Å². The van der Waals surface area contributed by atoms with Crippen LogP contribution in [0.25, 0.3) is 0 Å². The number of nitrogens with zero attached hydrogens (tertiary/aromatic N) is 2. The topological polar surface area (TPSA) is 49.3 Å². The molecule has 1 aromatic rings. The lowest BCUT2D eigenvalue weighted by Gasteiger charge is -1.93. The number of hydrogen-bond donors (Lipinski definition) is 2. The molecule has 0 spiro atoms. The highest BCUT2D eigenvalue weighted by Crippen LogP contribution is 1.92. The lowest BCUT2D eigenvalue weighted by atomic mass is 10.3. The predicted molar refractivity (Wildman–Crippen MR) is 43.2 cm³/mol. The zero-order valence-electron chi connectivity index (χ0n) is 7.06. The van der Waals surface area contributed by atoms with Crippen molar-refractivity contribution in [2.24, 2.45) is 0 Å². The normalized spacial score (nSPS) is 10.5. The van der Waals surface area contributed by atoms with E-state index < -0.39 is 0 Å². The van der Waals surface area contributed by atoms with Crippen molar-refractivity contribution < 1.29 is 14.8 Å². The third kappa shape index (κ3) is 2.64. The van der Waals surface area contributed by atoms with Crippen molar-refractivity contribution in [1.29, 1.82) is 0 Å². The second-order valence-electron chi connectivity index (χ2n) is 2.74. The minimum absolute atomic E-state index is 0.0208. The fourth-order valence-corrected chi connectivity index (χ4v) is 1.06. The number of imidazole rings is 1. The minimum Gasteiger partial charge on any atom is -0.396 e. The summed E-state index contributed by atoms with van der Waals surface area (Å²) in [6.45, 7) is 1.17. The predicted octanol–water partition coefficient (Wildman–Crippen LogP) is -0.502. The van der Waals surface area contributed by atoms with Crippen molar-refractivity contribution in [3.63, 3.8) is 0 Å². The average molecular weight is 171 g/mol. The molecule has 0 aliphatic heterocycles. The Bertz CT molecular complexity index is 223. The molecule has 1 aromatic heterocycles. The lowest BCUT2D eigenvalue weighted by molar-refractivity contribution is -0.729. The zero-order valence-corrected chi connectivity index (χ0v) is 7.06. The van der Waals surface area contributed by atoms with E-state index in [1.54, 1.807) is 4.57 Å². The number of aliphatic hydroxyl groups excluding tert-OH is 2. The van der Waals surface area contributed by atoms with E-state index in [0.29, 0.717) is 0 Å². The van der Waals surface area contributed by atoms with Gasteiger partial charge in [-0.25, -0.2) is 9.13 Å². The molecule has 1 rings (SSSR count). The molecule has 68 valence electrons. The summed E-state index contributed by atoms with van der Waals surface area (Å²) in [5, 5.41) is 17.3. The maximum Gasteiger partial charge on any atom is 0.245 e. The zero-order chi connectivity index (χ0) is 8.81. The van der Waals surface area contributed by atoms with Gasteiger partial charge in [0, 0.05) is 6.61 Å². The number of aryl methyl sites for hydroxylation is 1. The molecule has 0 fully saturated rings. The Morgan fingerprint density at radius 1 is 1.25 bits per heavy atom. The lowest BCUT2D eigenvalue weighted by Crippen LogP contribution is -2.30. The summed E-state index contributed by atoms with van der Waals surface area (Å²) < 4.78 is 3.69. The average Bonchev–Trinajstić information content (AvgIpc) is 2.53. The van der Waals surface area contributed by atoms with Gasteiger partial charge in [-0.2, -0.15) is 0 Å². The van der Waals surface area contributed by atoms with E-state index in [1.165, 1.54) is 0 Å². The first-order valence-corrected chi connectivity index (χ1v) is 4.13. The molecule has 0 atom stereocenters. The van der Waals surface area contributed by atoms with Crippen LogP contribution in [0, 0.1) is 0 Å². The van der Waals surface area contributed by atoms with Crippen molar-refractivity contribution in [1.82, 2.24) is 4.57 Å². The van der Waals surface area contributed by atoms with Crippen molar-refractivity contribution >= 4 is 0 Å². The largest absolute Gasteiger partial charge is 0.396 e. The molecule has 0 radical (unpaired) electrons. The SMILES string of the molecule is OCCCCn1cc[n+](CO)c1. The van der Waals surface area contributed by atoms with E-state index in [1.807, 2.05) is 23.3 Å². The monoisotopic (exact) mass is 171 g/mol. The Kier molecular flexibility index (Phi) is 3.76. The minimum atomic E-state index is 0.0208. The third-order valence-corrected chi connectivity index (χ3v) is 1.73. The van der Waals surface area contributed by atoms with Crippen molar-refractivity contribution in [2.45, 2.75) is 26.1 Å². The Morgan fingerprint density at radius 2 is 2.08 bits per heavy atom. The number of unbranched alkanes of at least 4 members (excludes halogenated alkanes) is 1. The van der Waals surface area contributed by atoms with Gasteiger partial charge in [0.1, 0.15) is 12.4 Å². The molecule has 0 unspecified atom stereocenters. The van der Waals surface area contributed by atoms with Crippen LogP contribution in [0.1, 0.15) is 12.8 Å². The Morgan fingerprint density at radius 3 is 2.67 bits per heavy atom. The summed E-state index contributed by atoms with van der Waals surface area (Å²) >= 11 is 0. The summed E-state index contributed by atoms with van der Waals surface area (Å²) in [6.07, 6.45) is 7.37. The van der Waals surface area contributed by atoms with E-state index in [2.05, 4.69) is 0 Å². The molecule has 0 saturated heterocycles. The van der Waals surface area contributed by atoms with Crippen molar-refractivity contribution in [3.8, 4) is 0 Å². The van der Waals surface area contributed by atoms with Gasteiger partial charge in [-0.05, 0) is 12.8 Å². The Balaban J connectivity index is 2.31. The van der Waals surface area contributed by atoms with Crippen LogP contribution in [0.2, 0.25) is 0 Å². The van der Waals surface area contributed by atoms with E-state index >= 15 is 0 Å². The van der Waals surface area contributed by atoms with E-state index in [9.17, 15) is 0 Å². The summed E-state index contributed by atoms with van der Waals surface area (Å²) in [4.78, 5) is 0. The second kappa shape index (κ2) is 4.90. The summed E-state index contributed by atoms with van der Waals surface area (Å²) in [6, 6.07) is 0. The van der Waals surface area contributed by atoms with Crippen molar-refractivity contribution in [2.75, 3.05) is 6.61 Å². The molecule has 12 heavy (non-hydrogen) atoms. The second-order valence-corrected chi connectivity index (χ2v) is 2.74. The molecule has 1 heterocycles. The summed E-state index contributed by atoms with van der Waals surface area (Å²) in [5.41, 5.74) is 0. The molecule has 4 heteroatoms. The molecule has 0 saturated carbocycles. The number of rotatable bonds is 5. The van der Waals surface area contributed by atoms with E-state index in [0.717, 1.165) is 19.4 Å². The molecule has 2 N–H and O–H groups in total. The van der Waals surface area contributed by atoms with Gasteiger partial charge in [0.25, 0.3) is 0 Å². The molecular formula is C8H15N2O2+. The van der Waals surface area contributed by atoms with Crippen molar-refractivity contribution in [3.05, 3.63) is 18.7 Å².